The fraction of sp³-hybridized carbons (Fsp3) is 0.267. The zero-order valence-electron chi connectivity index (χ0n) is 20.6. The summed E-state index contributed by atoms with van der Waals surface area (Å²) in [6.07, 6.45) is 5.59. The van der Waals surface area contributed by atoms with Crippen LogP contribution in [-0.2, 0) is 6.54 Å². The Morgan fingerprint density at radius 2 is 1.81 bits per heavy atom. The van der Waals surface area contributed by atoms with Crippen LogP contribution in [0.5, 0.6) is 5.88 Å². The summed E-state index contributed by atoms with van der Waals surface area (Å²) in [5, 5.41) is 14.4. The fourth-order valence-electron chi connectivity index (χ4n) is 4.78. The number of aromatic amines is 1. The summed E-state index contributed by atoms with van der Waals surface area (Å²) in [5.74, 6) is -0.132. The minimum absolute atomic E-state index is 0.0330. The molecule has 0 radical (unpaired) electrons. The predicted octanol–water partition coefficient (Wildman–Crippen LogP) is 6.10. The molecule has 3 N–H and O–H groups in total. The summed E-state index contributed by atoms with van der Waals surface area (Å²) in [5.41, 5.74) is 4.98. The van der Waals surface area contributed by atoms with E-state index in [0.29, 0.717) is 16.6 Å². The summed E-state index contributed by atoms with van der Waals surface area (Å²) in [6.45, 7) is 5.29. The summed E-state index contributed by atoms with van der Waals surface area (Å²) >= 11 is 0. The first kappa shape index (κ1) is 23.8. The molecule has 6 heteroatoms. The average Bonchev–Trinajstić information content (AvgIpc) is 3.23. The first-order valence-corrected chi connectivity index (χ1v) is 12.6. The molecule has 4 aromatic rings. The molecule has 0 unspecified atom stereocenters. The topological polar surface area (TPSA) is 80.7 Å². The number of benzene rings is 3. The molecule has 0 saturated carbocycles. The van der Waals surface area contributed by atoms with Gasteiger partial charge >= 0.3 is 0 Å². The molecule has 1 aromatic heterocycles. The summed E-state index contributed by atoms with van der Waals surface area (Å²) in [6, 6.07) is 23.4. The van der Waals surface area contributed by atoms with Crippen molar-refractivity contribution in [2.45, 2.75) is 38.8 Å². The van der Waals surface area contributed by atoms with Crippen LogP contribution in [0.3, 0.4) is 0 Å². The molecule has 0 aliphatic carbocycles. The minimum atomic E-state index is -0.165. The van der Waals surface area contributed by atoms with Crippen LogP contribution in [0, 0.1) is 0 Å². The Morgan fingerprint density at radius 3 is 2.56 bits per heavy atom. The van der Waals surface area contributed by atoms with Crippen LogP contribution in [0.2, 0.25) is 0 Å². The zero-order valence-corrected chi connectivity index (χ0v) is 20.6. The molecular formula is C30H32N4O2. The lowest BCUT2D eigenvalue weighted by Crippen LogP contribution is -2.28. The van der Waals surface area contributed by atoms with E-state index in [1.54, 1.807) is 18.3 Å². The van der Waals surface area contributed by atoms with Gasteiger partial charge in [-0.05, 0) is 68.2 Å². The van der Waals surface area contributed by atoms with E-state index < -0.39 is 0 Å². The number of aromatic nitrogens is 1. The Bertz CT molecular complexity index is 1350. The third-order valence-electron chi connectivity index (χ3n) is 6.86. The highest BCUT2D eigenvalue weighted by atomic mass is 16.3. The zero-order chi connectivity index (χ0) is 24.9. The van der Waals surface area contributed by atoms with Crippen LogP contribution in [0.4, 0.5) is 5.69 Å². The van der Waals surface area contributed by atoms with Gasteiger partial charge in [-0.15, -0.1) is 0 Å². The molecule has 6 nitrogen and oxygen atoms in total. The van der Waals surface area contributed by atoms with Gasteiger partial charge in [0.05, 0.1) is 17.3 Å². The normalized spacial score (nSPS) is 15.4. The van der Waals surface area contributed by atoms with Crippen LogP contribution in [0.25, 0.3) is 10.9 Å². The number of aromatic hydroxyl groups is 1. The number of fused-ring (bicyclic) bond motifs is 1. The monoisotopic (exact) mass is 480 g/mol. The third-order valence-corrected chi connectivity index (χ3v) is 6.86. The van der Waals surface area contributed by atoms with E-state index in [-0.39, 0.29) is 17.8 Å². The van der Waals surface area contributed by atoms with Gasteiger partial charge < -0.3 is 15.4 Å². The molecule has 184 valence electrons. The van der Waals surface area contributed by atoms with Crippen LogP contribution in [0.1, 0.15) is 59.3 Å². The van der Waals surface area contributed by atoms with Gasteiger partial charge in [0.2, 0.25) is 0 Å². The van der Waals surface area contributed by atoms with Gasteiger partial charge in [-0.2, -0.15) is 0 Å². The Kier molecular flexibility index (Phi) is 7.14. The highest BCUT2D eigenvalue weighted by Crippen LogP contribution is 2.28. The lowest BCUT2D eigenvalue weighted by Gasteiger charge is -2.26. The van der Waals surface area contributed by atoms with E-state index in [9.17, 15) is 9.90 Å². The number of hydrogen-bond acceptors (Lipinski definition) is 4. The standard InChI is InChI=1S/C30H32N4O2/c1-21(23-8-4-2-5-9-23)32-29(35)24-12-15-26-27(30(36)33-28(26)18-24)19-31-25-13-10-22(11-14-25)20-34-16-6-3-7-17-34/h2,4-5,8-15,18-19,21,33,36H,3,6-7,16-17,20H2,1H3,(H,32,35)/t21-/m0/s1. The van der Waals surface area contributed by atoms with Crippen LogP contribution < -0.4 is 5.32 Å². The number of carbonyl (C=O) groups excluding carboxylic acids is 1. The van der Waals surface area contributed by atoms with Crippen molar-refractivity contribution in [3.8, 4) is 5.88 Å². The summed E-state index contributed by atoms with van der Waals surface area (Å²) in [4.78, 5) is 22.9. The van der Waals surface area contributed by atoms with Crippen molar-refractivity contribution in [2.24, 2.45) is 4.99 Å². The van der Waals surface area contributed by atoms with E-state index in [1.165, 1.54) is 37.9 Å². The predicted molar refractivity (Wildman–Crippen MR) is 145 cm³/mol. The van der Waals surface area contributed by atoms with Gasteiger partial charge in [0.1, 0.15) is 0 Å². The molecule has 5 rings (SSSR count). The average molecular weight is 481 g/mol. The Hall–Kier alpha value is -3.90. The molecule has 1 aliphatic heterocycles. The van der Waals surface area contributed by atoms with Gasteiger partial charge in [0.15, 0.2) is 5.88 Å². The van der Waals surface area contributed by atoms with Crippen LogP contribution >= 0.6 is 0 Å². The van der Waals surface area contributed by atoms with Crippen molar-refractivity contribution < 1.29 is 9.90 Å². The molecule has 0 bridgehead atoms. The van der Waals surface area contributed by atoms with Crippen molar-refractivity contribution in [3.05, 3.63) is 95.1 Å². The number of likely N-dealkylation sites (tertiary alicyclic amines) is 1. The maximum atomic E-state index is 12.8. The van der Waals surface area contributed by atoms with Crippen molar-refractivity contribution in [1.82, 2.24) is 15.2 Å². The number of rotatable bonds is 7. The molecule has 1 saturated heterocycles. The second kappa shape index (κ2) is 10.8. The smallest absolute Gasteiger partial charge is 0.251 e. The first-order chi connectivity index (χ1) is 17.6. The van der Waals surface area contributed by atoms with Crippen molar-refractivity contribution >= 4 is 28.7 Å². The number of amides is 1. The minimum Gasteiger partial charge on any atom is -0.494 e. The number of nitrogens with one attached hydrogen (secondary N) is 2. The number of piperidine rings is 1. The summed E-state index contributed by atoms with van der Waals surface area (Å²) < 4.78 is 0. The van der Waals surface area contributed by atoms with E-state index in [4.69, 9.17) is 0 Å². The molecule has 1 amide bonds. The number of hydrogen-bond donors (Lipinski definition) is 3. The lowest BCUT2D eigenvalue weighted by atomic mass is 10.1. The van der Waals surface area contributed by atoms with Crippen molar-refractivity contribution in [2.75, 3.05) is 13.1 Å². The molecule has 2 heterocycles. The van der Waals surface area contributed by atoms with Gasteiger partial charge in [0.25, 0.3) is 5.91 Å². The second-order valence-corrected chi connectivity index (χ2v) is 9.51. The van der Waals surface area contributed by atoms with E-state index in [0.717, 1.165) is 23.2 Å². The van der Waals surface area contributed by atoms with Gasteiger partial charge in [0, 0.05) is 29.2 Å². The highest BCUT2D eigenvalue weighted by Gasteiger charge is 2.15. The molecule has 36 heavy (non-hydrogen) atoms. The Labute approximate surface area is 211 Å². The highest BCUT2D eigenvalue weighted by molar-refractivity contribution is 6.05. The number of nitrogens with zero attached hydrogens (tertiary/aromatic N) is 2. The third kappa shape index (κ3) is 5.50. The Morgan fingerprint density at radius 1 is 1.06 bits per heavy atom. The maximum absolute atomic E-state index is 12.8. The first-order valence-electron chi connectivity index (χ1n) is 12.6. The van der Waals surface area contributed by atoms with Gasteiger partial charge in [-0.25, -0.2) is 0 Å². The molecule has 1 fully saturated rings. The SMILES string of the molecule is C[C@H](NC(=O)c1ccc2c(C=Nc3ccc(CN4CCCCC4)cc3)c(O)[nH]c2c1)c1ccccc1. The van der Waals surface area contributed by atoms with E-state index in [2.05, 4.69) is 32.3 Å². The van der Waals surface area contributed by atoms with E-state index >= 15 is 0 Å². The molecular weight excluding hydrogens is 448 g/mol. The van der Waals surface area contributed by atoms with Crippen LogP contribution in [-0.4, -0.2) is 40.2 Å². The van der Waals surface area contributed by atoms with Crippen molar-refractivity contribution in [1.29, 1.82) is 0 Å². The van der Waals surface area contributed by atoms with Crippen molar-refractivity contribution in [3.63, 3.8) is 0 Å². The lowest BCUT2D eigenvalue weighted by molar-refractivity contribution is 0.0940. The Balaban J connectivity index is 1.27. The number of aliphatic imine (C=N–C) groups is 1. The fourth-order valence-corrected chi connectivity index (χ4v) is 4.78. The molecule has 1 aliphatic rings. The quantitative estimate of drug-likeness (QED) is 0.280. The molecule has 3 aromatic carbocycles. The maximum Gasteiger partial charge on any atom is 0.251 e. The van der Waals surface area contributed by atoms with E-state index in [1.807, 2.05) is 55.5 Å². The van der Waals surface area contributed by atoms with Crippen LogP contribution in [0.15, 0.2) is 77.8 Å². The number of H-pyrrole nitrogens is 1. The molecule has 0 spiro atoms. The van der Waals surface area contributed by atoms with Gasteiger partial charge in [-0.1, -0.05) is 55.0 Å². The number of carbonyl (C=O) groups is 1. The largest absolute Gasteiger partial charge is 0.494 e. The van der Waals surface area contributed by atoms with Gasteiger partial charge in [-0.3, -0.25) is 14.7 Å². The molecule has 1 atom stereocenters. The second-order valence-electron chi connectivity index (χ2n) is 9.51. The summed E-state index contributed by atoms with van der Waals surface area (Å²) in [7, 11) is 0.